The molecule has 2 heterocycles. The summed E-state index contributed by atoms with van der Waals surface area (Å²) in [5.74, 6) is 0.826. The topological polar surface area (TPSA) is 38.3 Å². The molecule has 1 N–H and O–H groups in total. The van der Waals surface area contributed by atoms with Crippen LogP contribution in [0.25, 0.3) is 0 Å². The first kappa shape index (κ1) is 13.1. The second kappa shape index (κ2) is 5.63. The van der Waals surface area contributed by atoms with E-state index in [2.05, 4.69) is 18.3 Å². The molecule has 3 rings (SSSR count). The van der Waals surface area contributed by atoms with E-state index in [0.29, 0.717) is 6.54 Å². The van der Waals surface area contributed by atoms with E-state index in [1.165, 1.54) is 16.9 Å². The van der Waals surface area contributed by atoms with Crippen molar-refractivity contribution in [2.75, 3.05) is 13.2 Å². The number of fused-ring (bicyclic) bond motifs is 1. The SMILES string of the molecule is C[C@H]1CCc2sc(C(=O)NC[C@H]3CCCO3)cc2C1. The largest absolute Gasteiger partial charge is 0.376 e. The summed E-state index contributed by atoms with van der Waals surface area (Å²) >= 11 is 1.68. The molecule has 0 radical (unpaired) electrons. The third kappa shape index (κ3) is 3.00. The molecule has 19 heavy (non-hydrogen) atoms. The number of ether oxygens (including phenoxy) is 1. The maximum atomic E-state index is 12.1. The molecule has 3 nitrogen and oxygen atoms in total. The van der Waals surface area contributed by atoms with Crippen molar-refractivity contribution in [3.05, 3.63) is 21.4 Å². The minimum absolute atomic E-state index is 0.0718. The van der Waals surface area contributed by atoms with E-state index in [4.69, 9.17) is 4.74 Å². The van der Waals surface area contributed by atoms with Gasteiger partial charge in [0.05, 0.1) is 11.0 Å². The van der Waals surface area contributed by atoms with Crippen molar-refractivity contribution in [2.45, 2.75) is 45.1 Å². The van der Waals surface area contributed by atoms with E-state index in [-0.39, 0.29) is 12.0 Å². The summed E-state index contributed by atoms with van der Waals surface area (Å²) in [7, 11) is 0. The van der Waals surface area contributed by atoms with Gasteiger partial charge in [-0.2, -0.15) is 0 Å². The summed E-state index contributed by atoms with van der Waals surface area (Å²) in [4.78, 5) is 14.4. The van der Waals surface area contributed by atoms with E-state index in [1.54, 1.807) is 11.3 Å². The van der Waals surface area contributed by atoms with Gasteiger partial charge >= 0.3 is 0 Å². The van der Waals surface area contributed by atoms with Gasteiger partial charge in [0.15, 0.2) is 0 Å². The van der Waals surface area contributed by atoms with Gasteiger partial charge in [0, 0.05) is 18.0 Å². The molecule has 2 atom stereocenters. The van der Waals surface area contributed by atoms with Crippen LogP contribution in [0.2, 0.25) is 0 Å². The standard InChI is InChI=1S/C15H21NO2S/c1-10-4-5-13-11(7-10)8-14(19-13)15(17)16-9-12-3-2-6-18-12/h8,10,12H,2-7,9H2,1H3,(H,16,17)/t10-,12+/m0/s1. The minimum Gasteiger partial charge on any atom is -0.376 e. The molecule has 0 bridgehead atoms. The first-order chi connectivity index (χ1) is 9.22. The Balaban J connectivity index is 1.60. The van der Waals surface area contributed by atoms with Crippen LogP contribution in [0.15, 0.2) is 6.07 Å². The lowest BCUT2D eigenvalue weighted by Crippen LogP contribution is -2.31. The van der Waals surface area contributed by atoms with Crippen LogP contribution in [0.3, 0.4) is 0 Å². The van der Waals surface area contributed by atoms with Gasteiger partial charge in [-0.25, -0.2) is 0 Å². The fourth-order valence-corrected chi connectivity index (χ4v) is 4.04. The van der Waals surface area contributed by atoms with Gasteiger partial charge in [-0.05, 0) is 49.7 Å². The van der Waals surface area contributed by atoms with Crippen molar-refractivity contribution < 1.29 is 9.53 Å². The van der Waals surface area contributed by atoms with Crippen LogP contribution in [0.1, 0.15) is 46.3 Å². The van der Waals surface area contributed by atoms with Crippen LogP contribution >= 0.6 is 11.3 Å². The zero-order valence-electron chi connectivity index (χ0n) is 11.4. The maximum Gasteiger partial charge on any atom is 0.261 e. The highest BCUT2D eigenvalue weighted by Crippen LogP contribution is 2.32. The van der Waals surface area contributed by atoms with E-state index in [1.807, 2.05) is 0 Å². The third-order valence-corrected chi connectivity index (χ3v) is 5.30. The van der Waals surface area contributed by atoms with Gasteiger partial charge in [-0.15, -0.1) is 11.3 Å². The third-order valence-electron chi connectivity index (χ3n) is 4.07. The molecular formula is C15H21NO2S. The molecule has 2 aliphatic rings. The first-order valence-electron chi connectivity index (χ1n) is 7.24. The molecule has 1 fully saturated rings. The molecule has 0 unspecified atom stereocenters. The molecule has 1 aliphatic heterocycles. The molecule has 0 saturated carbocycles. The van der Waals surface area contributed by atoms with Crippen molar-refractivity contribution in [3.63, 3.8) is 0 Å². The fourth-order valence-electron chi connectivity index (χ4n) is 2.92. The molecule has 1 aliphatic carbocycles. The highest BCUT2D eigenvalue weighted by Gasteiger charge is 2.21. The van der Waals surface area contributed by atoms with E-state index < -0.39 is 0 Å². The molecular weight excluding hydrogens is 258 g/mol. The Morgan fingerprint density at radius 1 is 1.53 bits per heavy atom. The van der Waals surface area contributed by atoms with Gasteiger partial charge in [-0.1, -0.05) is 6.92 Å². The van der Waals surface area contributed by atoms with Crippen molar-refractivity contribution in [1.82, 2.24) is 5.32 Å². The molecule has 104 valence electrons. The van der Waals surface area contributed by atoms with E-state index in [9.17, 15) is 4.79 Å². The normalized spacial score (nSPS) is 26.2. The average molecular weight is 279 g/mol. The second-order valence-electron chi connectivity index (χ2n) is 5.75. The maximum absolute atomic E-state index is 12.1. The monoisotopic (exact) mass is 279 g/mol. The predicted molar refractivity (Wildman–Crippen MR) is 76.8 cm³/mol. The van der Waals surface area contributed by atoms with Crippen LogP contribution < -0.4 is 5.32 Å². The van der Waals surface area contributed by atoms with Crippen LogP contribution in [0.4, 0.5) is 0 Å². The summed E-state index contributed by atoms with van der Waals surface area (Å²) in [6.45, 7) is 3.78. The highest BCUT2D eigenvalue weighted by molar-refractivity contribution is 7.14. The minimum atomic E-state index is 0.0718. The molecule has 1 aromatic rings. The highest BCUT2D eigenvalue weighted by atomic mass is 32.1. The van der Waals surface area contributed by atoms with E-state index >= 15 is 0 Å². The summed E-state index contributed by atoms with van der Waals surface area (Å²) < 4.78 is 5.52. The van der Waals surface area contributed by atoms with Gasteiger partial charge in [0.25, 0.3) is 5.91 Å². The molecule has 1 aromatic heterocycles. The van der Waals surface area contributed by atoms with Crippen LogP contribution in [-0.2, 0) is 17.6 Å². The quantitative estimate of drug-likeness (QED) is 0.924. The summed E-state index contributed by atoms with van der Waals surface area (Å²) in [6.07, 6.45) is 5.93. The van der Waals surface area contributed by atoms with Crippen molar-refractivity contribution >= 4 is 17.2 Å². The van der Waals surface area contributed by atoms with Crippen molar-refractivity contribution in [3.8, 4) is 0 Å². The van der Waals surface area contributed by atoms with Gasteiger partial charge < -0.3 is 10.1 Å². The number of amides is 1. The Morgan fingerprint density at radius 3 is 3.21 bits per heavy atom. The van der Waals surface area contributed by atoms with Gasteiger partial charge in [0.2, 0.25) is 0 Å². The van der Waals surface area contributed by atoms with Crippen LogP contribution in [0, 0.1) is 5.92 Å². The van der Waals surface area contributed by atoms with Gasteiger partial charge in [-0.3, -0.25) is 4.79 Å². The number of nitrogens with one attached hydrogen (secondary N) is 1. The molecule has 0 spiro atoms. The number of rotatable bonds is 3. The summed E-state index contributed by atoms with van der Waals surface area (Å²) in [6, 6.07) is 2.10. The average Bonchev–Trinajstić information content (AvgIpc) is 3.04. The number of aryl methyl sites for hydroxylation is 1. The Kier molecular flexibility index (Phi) is 3.89. The van der Waals surface area contributed by atoms with Gasteiger partial charge in [0.1, 0.15) is 0 Å². The Labute approximate surface area is 118 Å². The molecule has 0 aromatic carbocycles. The fraction of sp³-hybridized carbons (Fsp3) is 0.667. The summed E-state index contributed by atoms with van der Waals surface area (Å²) in [5.41, 5.74) is 1.39. The van der Waals surface area contributed by atoms with Crippen molar-refractivity contribution in [1.29, 1.82) is 0 Å². The molecule has 1 saturated heterocycles. The number of hydrogen-bond acceptors (Lipinski definition) is 3. The lowest BCUT2D eigenvalue weighted by Gasteiger charge is -2.16. The van der Waals surface area contributed by atoms with Crippen molar-refractivity contribution in [2.24, 2.45) is 5.92 Å². The number of carbonyl (C=O) groups is 1. The number of carbonyl (C=O) groups excluding carboxylic acids is 1. The Bertz CT molecular complexity index is 463. The predicted octanol–water partition coefficient (Wildman–Crippen LogP) is 2.78. The van der Waals surface area contributed by atoms with Crippen LogP contribution in [-0.4, -0.2) is 25.2 Å². The number of thiophene rings is 1. The number of hydrogen-bond donors (Lipinski definition) is 1. The van der Waals surface area contributed by atoms with E-state index in [0.717, 1.165) is 43.1 Å². The Morgan fingerprint density at radius 2 is 2.42 bits per heavy atom. The lowest BCUT2D eigenvalue weighted by molar-refractivity contribution is 0.0861. The van der Waals surface area contributed by atoms with Crippen LogP contribution in [0.5, 0.6) is 0 Å². The molecule has 4 heteroatoms. The zero-order valence-corrected chi connectivity index (χ0v) is 12.2. The Hall–Kier alpha value is -0.870. The zero-order chi connectivity index (χ0) is 13.2. The lowest BCUT2D eigenvalue weighted by atomic mass is 9.90. The molecule has 1 amide bonds. The smallest absolute Gasteiger partial charge is 0.261 e. The summed E-state index contributed by atoms with van der Waals surface area (Å²) in [5, 5.41) is 3.01. The second-order valence-corrected chi connectivity index (χ2v) is 6.89. The first-order valence-corrected chi connectivity index (χ1v) is 8.05.